The second-order valence-electron chi connectivity index (χ2n) is 6.86. The lowest BCUT2D eigenvalue weighted by atomic mass is 10.0. The molecule has 0 saturated carbocycles. The summed E-state index contributed by atoms with van der Waals surface area (Å²) in [6, 6.07) is 11.4. The first-order valence-electron chi connectivity index (χ1n) is 8.59. The molecule has 1 aliphatic rings. The molecule has 1 fully saturated rings. The first-order valence-corrected chi connectivity index (χ1v) is 8.59. The fourth-order valence-corrected chi connectivity index (χ4v) is 3.41. The quantitative estimate of drug-likeness (QED) is 0.846. The van der Waals surface area contributed by atoms with Crippen molar-refractivity contribution in [3.8, 4) is 0 Å². The van der Waals surface area contributed by atoms with Crippen LogP contribution in [0.25, 0.3) is 10.8 Å². The van der Waals surface area contributed by atoms with Crippen LogP contribution in [0.3, 0.4) is 0 Å². The molecule has 124 valence electrons. The standard InChI is InChI=1S/C19H28N4/c1-21(2)14-15-22(3)17-9-12-23(13-10-17)19-18-7-5-4-6-16(18)8-11-20-19/h4-8,11,17H,9-10,12-15H2,1-3H3. The maximum atomic E-state index is 4.67. The molecule has 23 heavy (non-hydrogen) atoms. The summed E-state index contributed by atoms with van der Waals surface area (Å²) in [4.78, 5) is 11.9. The summed E-state index contributed by atoms with van der Waals surface area (Å²) in [6.07, 6.45) is 4.37. The van der Waals surface area contributed by atoms with Crippen molar-refractivity contribution in [2.45, 2.75) is 18.9 Å². The van der Waals surface area contributed by atoms with Crippen LogP contribution >= 0.6 is 0 Å². The Bertz CT molecular complexity index is 627. The first-order chi connectivity index (χ1) is 11.1. The molecule has 4 heteroatoms. The molecule has 0 amide bonds. The number of anilines is 1. The summed E-state index contributed by atoms with van der Waals surface area (Å²) in [7, 11) is 6.55. The largest absolute Gasteiger partial charge is 0.356 e. The SMILES string of the molecule is CN(C)CCN(C)C1CCN(c2nccc3ccccc23)CC1. The monoisotopic (exact) mass is 312 g/mol. The summed E-state index contributed by atoms with van der Waals surface area (Å²) in [5.41, 5.74) is 0. The van der Waals surface area contributed by atoms with Crippen LogP contribution in [-0.4, -0.2) is 68.1 Å². The number of rotatable bonds is 5. The third kappa shape index (κ3) is 3.82. The maximum Gasteiger partial charge on any atom is 0.136 e. The van der Waals surface area contributed by atoms with Gasteiger partial charge in [0.25, 0.3) is 0 Å². The smallest absolute Gasteiger partial charge is 0.136 e. The molecule has 0 N–H and O–H groups in total. The van der Waals surface area contributed by atoms with Crippen molar-refractivity contribution in [3.05, 3.63) is 36.5 Å². The van der Waals surface area contributed by atoms with Crippen molar-refractivity contribution in [2.75, 3.05) is 52.2 Å². The van der Waals surface area contributed by atoms with Crippen LogP contribution in [0.2, 0.25) is 0 Å². The molecule has 4 nitrogen and oxygen atoms in total. The van der Waals surface area contributed by atoms with Gasteiger partial charge in [0.1, 0.15) is 5.82 Å². The Labute approximate surface area is 139 Å². The van der Waals surface area contributed by atoms with Gasteiger partial charge in [-0.1, -0.05) is 24.3 Å². The number of piperidine rings is 1. The van der Waals surface area contributed by atoms with Gasteiger partial charge in [-0.15, -0.1) is 0 Å². The Hall–Kier alpha value is -1.65. The predicted octanol–water partition coefficient (Wildman–Crippen LogP) is 2.70. The minimum Gasteiger partial charge on any atom is -0.356 e. The van der Waals surface area contributed by atoms with Crippen molar-refractivity contribution >= 4 is 16.6 Å². The van der Waals surface area contributed by atoms with Gasteiger partial charge in [-0.2, -0.15) is 0 Å². The Balaban J connectivity index is 1.64. The van der Waals surface area contributed by atoms with Crippen molar-refractivity contribution < 1.29 is 0 Å². The summed E-state index contributed by atoms with van der Waals surface area (Å²) in [6.45, 7) is 4.46. The molecule has 0 radical (unpaired) electrons. The van der Waals surface area contributed by atoms with Crippen LogP contribution < -0.4 is 4.90 Å². The highest BCUT2D eigenvalue weighted by molar-refractivity contribution is 5.92. The topological polar surface area (TPSA) is 22.6 Å². The van der Waals surface area contributed by atoms with E-state index < -0.39 is 0 Å². The van der Waals surface area contributed by atoms with Gasteiger partial charge in [-0.25, -0.2) is 4.98 Å². The Morgan fingerprint density at radius 1 is 1.04 bits per heavy atom. The van der Waals surface area contributed by atoms with Gasteiger partial charge in [0, 0.05) is 43.8 Å². The van der Waals surface area contributed by atoms with Crippen LogP contribution in [0, 0.1) is 0 Å². The second-order valence-corrected chi connectivity index (χ2v) is 6.86. The van der Waals surface area contributed by atoms with Crippen molar-refractivity contribution in [3.63, 3.8) is 0 Å². The number of nitrogens with zero attached hydrogens (tertiary/aromatic N) is 4. The van der Waals surface area contributed by atoms with Gasteiger partial charge in [-0.3, -0.25) is 0 Å². The third-order valence-corrected chi connectivity index (χ3v) is 4.94. The Kier molecular flexibility index (Phi) is 5.13. The van der Waals surface area contributed by atoms with E-state index in [9.17, 15) is 0 Å². The second kappa shape index (κ2) is 7.28. The molecule has 0 unspecified atom stereocenters. The molecular weight excluding hydrogens is 284 g/mol. The van der Waals surface area contributed by atoms with Crippen LogP contribution in [0.5, 0.6) is 0 Å². The number of hydrogen-bond donors (Lipinski definition) is 0. The molecule has 0 bridgehead atoms. The summed E-state index contributed by atoms with van der Waals surface area (Å²) in [5, 5.41) is 2.55. The molecule has 0 spiro atoms. The van der Waals surface area contributed by atoms with Crippen molar-refractivity contribution in [2.24, 2.45) is 0 Å². The lowest BCUT2D eigenvalue weighted by molar-refractivity contribution is 0.190. The number of hydrogen-bond acceptors (Lipinski definition) is 4. The summed E-state index contributed by atoms with van der Waals surface area (Å²) in [5.74, 6) is 1.15. The predicted molar refractivity (Wildman–Crippen MR) is 98.2 cm³/mol. The number of likely N-dealkylation sites (N-methyl/N-ethyl adjacent to an activating group) is 2. The number of fused-ring (bicyclic) bond motifs is 1. The highest BCUT2D eigenvalue weighted by atomic mass is 15.2. The van der Waals surface area contributed by atoms with Gasteiger partial charge < -0.3 is 14.7 Å². The van der Waals surface area contributed by atoms with E-state index in [0.717, 1.165) is 32.0 Å². The van der Waals surface area contributed by atoms with Gasteiger partial charge in [0.15, 0.2) is 0 Å². The van der Waals surface area contributed by atoms with Gasteiger partial charge in [0.05, 0.1) is 0 Å². The highest BCUT2D eigenvalue weighted by Crippen LogP contribution is 2.27. The Morgan fingerprint density at radius 3 is 2.52 bits per heavy atom. The molecule has 0 atom stereocenters. The normalized spacial score (nSPS) is 16.7. The van der Waals surface area contributed by atoms with E-state index in [2.05, 4.69) is 71.2 Å². The molecule has 1 aliphatic heterocycles. The lowest BCUT2D eigenvalue weighted by Crippen LogP contribution is -2.45. The minimum atomic E-state index is 0.696. The average Bonchev–Trinajstić information content (AvgIpc) is 2.59. The third-order valence-electron chi connectivity index (χ3n) is 4.94. The van der Waals surface area contributed by atoms with Gasteiger partial charge in [-0.05, 0) is 45.4 Å². The van der Waals surface area contributed by atoms with E-state index in [4.69, 9.17) is 0 Å². The van der Waals surface area contributed by atoms with Crippen LogP contribution in [0.15, 0.2) is 36.5 Å². The van der Waals surface area contributed by atoms with Crippen molar-refractivity contribution in [1.29, 1.82) is 0 Å². The molecule has 2 aromatic rings. The zero-order chi connectivity index (χ0) is 16.2. The first kappa shape index (κ1) is 16.2. The van der Waals surface area contributed by atoms with E-state index in [0.29, 0.717) is 6.04 Å². The van der Waals surface area contributed by atoms with E-state index in [1.165, 1.54) is 23.6 Å². The van der Waals surface area contributed by atoms with Crippen LogP contribution in [0.4, 0.5) is 5.82 Å². The number of aromatic nitrogens is 1. The van der Waals surface area contributed by atoms with Crippen molar-refractivity contribution in [1.82, 2.24) is 14.8 Å². The van der Waals surface area contributed by atoms with E-state index >= 15 is 0 Å². The van der Waals surface area contributed by atoms with E-state index in [1.54, 1.807) is 0 Å². The maximum absolute atomic E-state index is 4.67. The average molecular weight is 312 g/mol. The lowest BCUT2D eigenvalue weighted by Gasteiger charge is -2.38. The summed E-state index contributed by atoms with van der Waals surface area (Å²) >= 11 is 0. The fourth-order valence-electron chi connectivity index (χ4n) is 3.41. The fraction of sp³-hybridized carbons (Fsp3) is 0.526. The zero-order valence-corrected chi connectivity index (χ0v) is 14.6. The molecule has 2 heterocycles. The molecule has 0 aliphatic carbocycles. The summed E-state index contributed by atoms with van der Waals surface area (Å²) < 4.78 is 0. The molecule has 1 aromatic heterocycles. The molecular formula is C19H28N4. The molecule has 1 saturated heterocycles. The van der Waals surface area contributed by atoms with Crippen LogP contribution in [0.1, 0.15) is 12.8 Å². The van der Waals surface area contributed by atoms with Gasteiger partial charge in [0.2, 0.25) is 0 Å². The van der Waals surface area contributed by atoms with E-state index in [-0.39, 0.29) is 0 Å². The number of benzene rings is 1. The van der Waals surface area contributed by atoms with Crippen LogP contribution in [-0.2, 0) is 0 Å². The zero-order valence-electron chi connectivity index (χ0n) is 14.6. The molecule has 1 aromatic carbocycles. The Morgan fingerprint density at radius 2 is 1.78 bits per heavy atom. The van der Waals surface area contributed by atoms with E-state index in [1.807, 2.05) is 6.20 Å². The number of pyridine rings is 1. The molecule has 3 rings (SSSR count). The van der Waals surface area contributed by atoms with Gasteiger partial charge >= 0.3 is 0 Å². The minimum absolute atomic E-state index is 0.696. The highest BCUT2D eigenvalue weighted by Gasteiger charge is 2.23.